The lowest BCUT2D eigenvalue weighted by molar-refractivity contribution is 0.0883. The summed E-state index contributed by atoms with van der Waals surface area (Å²) in [5.41, 5.74) is 0. The summed E-state index contributed by atoms with van der Waals surface area (Å²) in [7, 11) is 0. The van der Waals surface area contributed by atoms with E-state index in [4.69, 9.17) is 4.74 Å². The summed E-state index contributed by atoms with van der Waals surface area (Å²) in [5.74, 6) is 1.59. The first-order chi connectivity index (χ1) is 8.77. The van der Waals surface area contributed by atoms with Crippen molar-refractivity contribution < 1.29 is 4.74 Å². The van der Waals surface area contributed by atoms with Gasteiger partial charge in [-0.15, -0.1) is 0 Å². The van der Waals surface area contributed by atoms with Gasteiger partial charge in [-0.25, -0.2) is 0 Å². The average molecular weight is 255 g/mol. The maximum atomic E-state index is 5.83. The molecule has 0 heterocycles. The molecule has 0 aromatic carbocycles. The van der Waals surface area contributed by atoms with Crippen molar-refractivity contribution in [3.63, 3.8) is 0 Å². The van der Waals surface area contributed by atoms with Crippen LogP contribution in [0.1, 0.15) is 65.7 Å². The third-order valence-electron chi connectivity index (χ3n) is 4.13. The summed E-state index contributed by atoms with van der Waals surface area (Å²) in [6.07, 6.45) is 9.24. The zero-order valence-electron chi connectivity index (χ0n) is 12.7. The van der Waals surface area contributed by atoms with Gasteiger partial charge in [-0.05, 0) is 50.5 Å². The van der Waals surface area contributed by atoms with Crippen LogP contribution in [-0.2, 0) is 4.74 Å². The number of hydrogen-bond donors (Lipinski definition) is 1. The minimum atomic E-state index is 0.729. The van der Waals surface area contributed by atoms with Gasteiger partial charge in [0.1, 0.15) is 0 Å². The van der Waals surface area contributed by atoms with Crippen molar-refractivity contribution in [1.82, 2.24) is 5.32 Å². The van der Waals surface area contributed by atoms with Gasteiger partial charge in [0.05, 0.1) is 0 Å². The van der Waals surface area contributed by atoms with E-state index in [2.05, 4.69) is 26.1 Å². The van der Waals surface area contributed by atoms with Crippen LogP contribution in [0.3, 0.4) is 0 Å². The Labute approximate surface area is 114 Å². The van der Waals surface area contributed by atoms with Crippen molar-refractivity contribution in [3.8, 4) is 0 Å². The van der Waals surface area contributed by atoms with Gasteiger partial charge in [0.25, 0.3) is 0 Å². The predicted molar refractivity (Wildman–Crippen MR) is 78.9 cm³/mol. The first-order valence-electron chi connectivity index (χ1n) is 8.09. The summed E-state index contributed by atoms with van der Waals surface area (Å²) in [6, 6.07) is 0.765. The molecule has 1 aliphatic carbocycles. The van der Waals surface area contributed by atoms with Gasteiger partial charge < -0.3 is 10.1 Å². The SMILES string of the molecule is CCCNC1CCCC1CCOCC(C)CCC. The summed E-state index contributed by atoms with van der Waals surface area (Å²) in [4.78, 5) is 0. The second-order valence-corrected chi connectivity index (χ2v) is 6.01. The van der Waals surface area contributed by atoms with Gasteiger partial charge in [-0.2, -0.15) is 0 Å². The number of hydrogen-bond acceptors (Lipinski definition) is 2. The van der Waals surface area contributed by atoms with Crippen molar-refractivity contribution >= 4 is 0 Å². The fourth-order valence-corrected chi connectivity index (χ4v) is 3.08. The molecule has 108 valence electrons. The van der Waals surface area contributed by atoms with Crippen LogP contribution in [0.15, 0.2) is 0 Å². The van der Waals surface area contributed by atoms with Crippen molar-refractivity contribution in [2.24, 2.45) is 11.8 Å². The quantitative estimate of drug-likeness (QED) is 0.596. The monoisotopic (exact) mass is 255 g/mol. The molecule has 3 unspecified atom stereocenters. The second kappa shape index (κ2) is 9.80. The highest BCUT2D eigenvalue weighted by Gasteiger charge is 2.25. The molecule has 1 N–H and O–H groups in total. The molecule has 0 saturated heterocycles. The molecule has 0 aromatic heterocycles. The Morgan fingerprint density at radius 1 is 1.22 bits per heavy atom. The van der Waals surface area contributed by atoms with Crippen LogP contribution in [0.25, 0.3) is 0 Å². The zero-order valence-corrected chi connectivity index (χ0v) is 12.7. The van der Waals surface area contributed by atoms with Gasteiger partial charge in [0.2, 0.25) is 0 Å². The number of nitrogens with one attached hydrogen (secondary N) is 1. The van der Waals surface area contributed by atoms with Crippen LogP contribution < -0.4 is 5.32 Å². The fraction of sp³-hybridized carbons (Fsp3) is 1.00. The molecular weight excluding hydrogens is 222 g/mol. The Hall–Kier alpha value is -0.0800. The molecule has 2 heteroatoms. The topological polar surface area (TPSA) is 21.3 Å². The minimum Gasteiger partial charge on any atom is -0.381 e. The number of rotatable bonds is 10. The Morgan fingerprint density at radius 3 is 2.78 bits per heavy atom. The van der Waals surface area contributed by atoms with Crippen LogP contribution in [0.4, 0.5) is 0 Å². The van der Waals surface area contributed by atoms with E-state index in [9.17, 15) is 0 Å². The molecule has 0 amide bonds. The Morgan fingerprint density at radius 2 is 2.06 bits per heavy atom. The molecule has 0 spiro atoms. The Balaban J connectivity index is 2.06. The highest BCUT2D eigenvalue weighted by molar-refractivity contribution is 4.82. The molecular formula is C16H33NO. The molecule has 1 rings (SSSR count). The van der Waals surface area contributed by atoms with E-state index in [0.717, 1.165) is 31.1 Å². The molecule has 0 bridgehead atoms. The van der Waals surface area contributed by atoms with Gasteiger partial charge >= 0.3 is 0 Å². The lowest BCUT2D eigenvalue weighted by Crippen LogP contribution is -2.33. The van der Waals surface area contributed by atoms with Crippen molar-refractivity contribution in [2.75, 3.05) is 19.8 Å². The Bertz CT molecular complexity index is 196. The van der Waals surface area contributed by atoms with E-state index in [1.807, 2.05) is 0 Å². The standard InChI is InChI=1S/C16H33NO/c1-4-7-14(3)13-18-12-10-15-8-6-9-16(15)17-11-5-2/h14-17H,4-13H2,1-3H3. The van der Waals surface area contributed by atoms with E-state index >= 15 is 0 Å². The lowest BCUT2D eigenvalue weighted by Gasteiger charge is -2.21. The highest BCUT2D eigenvalue weighted by Crippen LogP contribution is 2.28. The van der Waals surface area contributed by atoms with Crippen molar-refractivity contribution in [1.29, 1.82) is 0 Å². The van der Waals surface area contributed by atoms with E-state index in [1.54, 1.807) is 0 Å². The summed E-state index contributed by atoms with van der Waals surface area (Å²) in [5, 5.41) is 3.70. The average Bonchev–Trinajstić information content (AvgIpc) is 2.80. The Kier molecular flexibility index (Phi) is 8.70. The summed E-state index contributed by atoms with van der Waals surface area (Å²) in [6.45, 7) is 9.88. The molecule has 1 aliphatic rings. The highest BCUT2D eigenvalue weighted by atomic mass is 16.5. The van der Waals surface area contributed by atoms with Gasteiger partial charge in [0.15, 0.2) is 0 Å². The number of ether oxygens (including phenoxy) is 1. The van der Waals surface area contributed by atoms with Crippen LogP contribution >= 0.6 is 0 Å². The van der Waals surface area contributed by atoms with Crippen molar-refractivity contribution in [2.45, 2.75) is 71.8 Å². The largest absolute Gasteiger partial charge is 0.381 e. The minimum absolute atomic E-state index is 0.729. The third-order valence-corrected chi connectivity index (χ3v) is 4.13. The first-order valence-corrected chi connectivity index (χ1v) is 8.09. The maximum Gasteiger partial charge on any atom is 0.0491 e. The van der Waals surface area contributed by atoms with Crippen LogP contribution in [-0.4, -0.2) is 25.8 Å². The van der Waals surface area contributed by atoms with E-state index in [0.29, 0.717) is 0 Å². The van der Waals surface area contributed by atoms with E-state index in [-0.39, 0.29) is 0 Å². The lowest BCUT2D eigenvalue weighted by atomic mass is 10.00. The third kappa shape index (κ3) is 6.19. The summed E-state index contributed by atoms with van der Waals surface area (Å²) < 4.78 is 5.83. The van der Waals surface area contributed by atoms with Gasteiger partial charge in [-0.3, -0.25) is 0 Å². The van der Waals surface area contributed by atoms with Crippen LogP contribution in [0.5, 0.6) is 0 Å². The molecule has 3 atom stereocenters. The van der Waals surface area contributed by atoms with Crippen molar-refractivity contribution in [3.05, 3.63) is 0 Å². The molecule has 2 nitrogen and oxygen atoms in total. The first kappa shape index (κ1) is 16.0. The van der Waals surface area contributed by atoms with Gasteiger partial charge in [0, 0.05) is 19.3 Å². The molecule has 0 radical (unpaired) electrons. The molecule has 18 heavy (non-hydrogen) atoms. The van der Waals surface area contributed by atoms with E-state index in [1.165, 1.54) is 51.5 Å². The van der Waals surface area contributed by atoms with Gasteiger partial charge in [-0.1, -0.05) is 33.6 Å². The molecule has 0 aromatic rings. The molecule has 0 aliphatic heterocycles. The second-order valence-electron chi connectivity index (χ2n) is 6.01. The fourth-order valence-electron chi connectivity index (χ4n) is 3.08. The van der Waals surface area contributed by atoms with Crippen LogP contribution in [0.2, 0.25) is 0 Å². The summed E-state index contributed by atoms with van der Waals surface area (Å²) >= 11 is 0. The van der Waals surface area contributed by atoms with Crippen LogP contribution in [0, 0.1) is 11.8 Å². The normalized spacial score (nSPS) is 25.5. The zero-order chi connectivity index (χ0) is 13.2. The molecule has 1 fully saturated rings. The van der Waals surface area contributed by atoms with E-state index < -0.39 is 0 Å². The maximum absolute atomic E-state index is 5.83. The molecule has 1 saturated carbocycles. The predicted octanol–water partition coefficient (Wildman–Crippen LogP) is 4.00. The smallest absolute Gasteiger partial charge is 0.0491 e.